The predicted octanol–water partition coefficient (Wildman–Crippen LogP) is 2.04. The Morgan fingerprint density at radius 1 is 1.18 bits per heavy atom. The Bertz CT molecular complexity index is 406. The lowest BCUT2D eigenvalue weighted by atomic mass is 9.81. The number of nitrogens with one attached hydrogen (secondary N) is 1. The molecule has 1 aliphatic heterocycles. The maximum absolute atomic E-state index is 12.1. The zero-order valence-electron chi connectivity index (χ0n) is 9.97. The molecule has 0 aromatic heterocycles. The first-order valence-corrected chi connectivity index (χ1v) is 7.88. The molecule has 0 bridgehead atoms. The minimum absolute atomic E-state index is 0.378. The van der Waals surface area contributed by atoms with Gasteiger partial charge in [0, 0.05) is 29.1 Å². The Morgan fingerprint density at radius 2 is 2.00 bits per heavy atom. The molecule has 3 heteroatoms. The largest absolute Gasteiger partial charge is 0.312 e. The van der Waals surface area contributed by atoms with E-state index in [2.05, 4.69) is 35.6 Å². The van der Waals surface area contributed by atoms with Gasteiger partial charge >= 0.3 is 0 Å². The van der Waals surface area contributed by atoms with E-state index in [1.54, 1.807) is 0 Å². The number of benzene rings is 1. The number of hydrogen-bond acceptors (Lipinski definition) is 2. The van der Waals surface area contributed by atoms with Crippen LogP contribution in [0.15, 0.2) is 30.3 Å². The highest BCUT2D eigenvalue weighted by Gasteiger charge is 2.36. The van der Waals surface area contributed by atoms with Crippen LogP contribution in [0.1, 0.15) is 30.7 Å². The molecule has 4 unspecified atom stereocenters. The summed E-state index contributed by atoms with van der Waals surface area (Å²) in [7, 11) is -0.614. The third-order valence-electron chi connectivity index (χ3n) is 4.11. The van der Waals surface area contributed by atoms with Gasteiger partial charge in [0.2, 0.25) is 0 Å². The number of fused-ring (bicyclic) bond motifs is 1. The van der Waals surface area contributed by atoms with Crippen LogP contribution < -0.4 is 5.32 Å². The van der Waals surface area contributed by atoms with E-state index in [1.807, 2.05) is 0 Å². The molecule has 0 spiro atoms. The van der Waals surface area contributed by atoms with E-state index in [0.29, 0.717) is 17.2 Å². The second kappa shape index (κ2) is 4.91. The minimum atomic E-state index is -0.614. The fourth-order valence-corrected chi connectivity index (χ4v) is 4.84. The van der Waals surface area contributed by atoms with E-state index in [1.165, 1.54) is 18.4 Å². The fourth-order valence-electron chi connectivity index (χ4n) is 3.18. The quantitative estimate of drug-likeness (QED) is 0.825. The summed E-state index contributed by atoms with van der Waals surface area (Å²) in [5.74, 6) is 1.45. The normalized spacial score (nSPS) is 37.4. The molecule has 17 heavy (non-hydrogen) atoms. The van der Waals surface area contributed by atoms with Crippen molar-refractivity contribution in [2.75, 3.05) is 12.3 Å². The van der Waals surface area contributed by atoms with Crippen molar-refractivity contribution >= 4 is 10.8 Å². The van der Waals surface area contributed by atoms with Crippen LogP contribution in [-0.2, 0) is 10.8 Å². The molecule has 1 saturated heterocycles. The summed E-state index contributed by atoms with van der Waals surface area (Å²) >= 11 is 0. The van der Waals surface area contributed by atoms with Crippen molar-refractivity contribution in [1.29, 1.82) is 0 Å². The first-order valence-electron chi connectivity index (χ1n) is 6.50. The van der Waals surface area contributed by atoms with Crippen molar-refractivity contribution in [2.45, 2.75) is 36.5 Å². The lowest BCUT2D eigenvalue weighted by molar-refractivity contribution is 0.344. The molecular formula is C14H19NOS. The van der Waals surface area contributed by atoms with Crippen LogP contribution in [0.4, 0.5) is 0 Å². The molecule has 1 aliphatic carbocycles. The average Bonchev–Trinajstić information content (AvgIpc) is 2.40. The molecule has 1 saturated carbocycles. The van der Waals surface area contributed by atoms with Gasteiger partial charge in [-0.15, -0.1) is 0 Å². The summed E-state index contributed by atoms with van der Waals surface area (Å²) in [6.45, 7) is 0.934. The molecule has 3 rings (SSSR count). The minimum Gasteiger partial charge on any atom is -0.312 e. The van der Waals surface area contributed by atoms with Gasteiger partial charge in [-0.2, -0.15) is 0 Å². The van der Waals surface area contributed by atoms with Gasteiger partial charge in [-0.3, -0.25) is 4.21 Å². The van der Waals surface area contributed by atoms with E-state index < -0.39 is 10.8 Å². The molecule has 1 N–H and O–H groups in total. The van der Waals surface area contributed by atoms with E-state index in [-0.39, 0.29) is 0 Å². The Labute approximate surface area is 105 Å². The zero-order valence-corrected chi connectivity index (χ0v) is 10.8. The van der Waals surface area contributed by atoms with E-state index in [0.717, 1.165) is 18.7 Å². The molecule has 1 heterocycles. The molecule has 1 aromatic carbocycles. The molecular weight excluding hydrogens is 230 g/mol. The zero-order chi connectivity index (χ0) is 11.7. The lowest BCUT2D eigenvalue weighted by Gasteiger charge is -2.39. The molecule has 2 fully saturated rings. The highest BCUT2D eigenvalue weighted by Crippen LogP contribution is 2.36. The molecule has 0 radical (unpaired) electrons. The van der Waals surface area contributed by atoms with E-state index in [9.17, 15) is 4.21 Å². The summed E-state index contributed by atoms with van der Waals surface area (Å²) in [5.41, 5.74) is 1.42. The van der Waals surface area contributed by atoms with Gasteiger partial charge < -0.3 is 5.32 Å². The molecule has 92 valence electrons. The van der Waals surface area contributed by atoms with Gasteiger partial charge in [-0.05, 0) is 30.7 Å². The fraction of sp³-hybridized carbons (Fsp3) is 0.571. The number of hydrogen-bond donors (Lipinski definition) is 1. The van der Waals surface area contributed by atoms with Crippen LogP contribution >= 0.6 is 0 Å². The van der Waals surface area contributed by atoms with Gasteiger partial charge in [-0.1, -0.05) is 30.3 Å². The molecule has 0 amide bonds. The monoisotopic (exact) mass is 249 g/mol. The van der Waals surface area contributed by atoms with Gasteiger partial charge in [0.15, 0.2) is 0 Å². The molecule has 2 nitrogen and oxygen atoms in total. The van der Waals surface area contributed by atoms with Crippen molar-refractivity contribution in [3.8, 4) is 0 Å². The second-order valence-corrected chi connectivity index (χ2v) is 6.88. The van der Waals surface area contributed by atoms with E-state index >= 15 is 0 Å². The first-order chi connectivity index (χ1) is 8.34. The SMILES string of the molecule is O=S1CCNC2CCC(c3ccccc3)CC21. The maximum Gasteiger partial charge on any atom is 0.0507 e. The Balaban J connectivity index is 1.76. The summed E-state index contributed by atoms with van der Waals surface area (Å²) in [6.07, 6.45) is 3.50. The van der Waals surface area contributed by atoms with Crippen LogP contribution in [-0.4, -0.2) is 27.8 Å². The molecule has 2 aliphatic rings. The second-order valence-electron chi connectivity index (χ2n) is 5.10. The van der Waals surface area contributed by atoms with Crippen molar-refractivity contribution in [1.82, 2.24) is 5.32 Å². The van der Waals surface area contributed by atoms with Crippen LogP contribution in [0.25, 0.3) is 0 Å². The Morgan fingerprint density at radius 3 is 2.82 bits per heavy atom. The van der Waals surface area contributed by atoms with Crippen LogP contribution in [0.2, 0.25) is 0 Å². The third kappa shape index (κ3) is 2.31. The standard InChI is InChI=1S/C14H19NOS/c16-17-9-8-15-13-7-6-12(10-14(13)17)11-4-2-1-3-5-11/h1-5,12-15H,6-10H2. The van der Waals surface area contributed by atoms with Crippen LogP contribution in [0.5, 0.6) is 0 Å². The van der Waals surface area contributed by atoms with Gasteiger partial charge in [-0.25, -0.2) is 0 Å². The topological polar surface area (TPSA) is 29.1 Å². The van der Waals surface area contributed by atoms with Crippen LogP contribution in [0, 0.1) is 0 Å². The van der Waals surface area contributed by atoms with Crippen LogP contribution in [0.3, 0.4) is 0 Å². The predicted molar refractivity (Wildman–Crippen MR) is 71.6 cm³/mol. The molecule has 1 aromatic rings. The third-order valence-corrected chi connectivity index (χ3v) is 5.91. The summed E-state index contributed by atoms with van der Waals surface area (Å²) in [4.78, 5) is 0. The number of rotatable bonds is 1. The smallest absolute Gasteiger partial charge is 0.0507 e. The van der Waals surface area contributed by atoms with Crippen molar-refractivity contribution < 1.29 is 4.21 Å². The Kier molecular flexibility index (Phi) is 3.30. The highest BCUT2D eigenvalue weighted by atomic mass is 32.2. The summed E-state index contributed by atoms with van der Waals surface area (Å²) < 4.78 is 12.1. The molecule has 4 atom stereocenters. The first kappa shape index (κ1) is 11.4. The summed E-state index contributed by atoms with van der Waals surface area (Å²) in [5, 5.41) is 3.91. The van der Waals surface area contributed by atoms with Crippen molar-refractivity contribution in [2.24, 2.45) is 0 Å². The Hall–Kier alpha value is -0.670. The van der Waals surface area contributed by atoms with Gasteiger partial charge in [0.1, 0.15) is 0 Å². The van der Waals surface area contributed by atoms with E-state index in [4.69, 9.17) is 0 Å². The van der Waals surface area contributed by atoms with Gasteiger partial charge in [0.05, 0.1) is 5.25 Å². The van der Waals surface area contributed by atoms with Gasteiger partial charge in [0.25, 0.3) is 0 Å². The average molecular weight is 249 g/mol. The lowest BCUT2D eigenvalue weighted by Crippen LogP contribution is -2.52. The maximum atomic E-state index is 12.1. The van der Waals surface area contributed by atoms with Crippen molar-refractivity contribution in [3.63, 3.8) is 0 Å². The summed E-state index contributed by atoms with van der Waals surface area (Å²) in [6, 6.07) is 11.2. The highest BCUT2D eigenvalue weighted by molar-refractivity contribution is 7.85. The van der Waals surface area contributed by atoms with Crippen molar-refractivity contribution in [3.05, 3.63) is 35.9 Å².